The first-order valence-corrected chi connectivity index (χ1v) is 7.00. The third-order valence-corrected chi connectivity index (χ3v) is 3.32. The maximum Gasteiger partial charge on any atom is 0.246 e. The standard InChI is InChI=1S/C11H14N2O.C6H6O2/c1-11(2)8-13(12-10(11)14)9-6-4-3-5-7-9;7-5-1-2-6(8)4-3-5/h3-7H,8H2,1-2H3,(H,12,14);1-4,7-8H. The highest BCUT2D eigenvalue weighted by atomic mass is 16.3. The SMILES string of the molecule is CC1(C)CN(c2ccccc2)NC1=O.Oc1ccc(O)cc1. The largest absolute Gasteiger partial charge is 0.508 e. The molecule has 5 nitrogen and oxygen atoms in total. The Morgan fingerprint density at radius 3 is 1.86 bits per heavy atom. The molecule has 0 saturated carbocycles. The summed E-state index contributed by atoms with van der Waals surface area (Å²) in [6.45, 7) is 4.62. The molecule has 2 aromatic carbocycles. The highest BCUT2D eigenvalue weighted by Crippen LogP contribution is 2.26. The van der Waals surface area contributed by atoms with Crippen LogP contribution >= 0.6 is 0 Å². The molecule has 1 fully saturated rings. The number of carbonyl (C=O) groups is 1. The number of hydrogen-bond donors (Lipinski definition) is 3. The van der Waals surface area contributed by atoms with Gasteiger partial charge in [-0.05, 0) is 50.2 Å². The minimum atomic E-state index is -0.296. The third-order valence-electron chi connectivity index (χ3n) is 3.32. The predicted octanol–water partition coefficient (Wildman–Crippen LogP) is 2.66. The molecule has 0 spiro atoms. The number of nitrogens with one attached hydrogen (secondary N) is 1. The lowest BCUT2D eigenvalue weighted by Gasteiger charge is -2.18. The monoisotopic (exact) mass is 300 g/mol. The number of aromatic hydroxyl groups is 2. The Bertz CT molecular complexity index is 603. The number of benzene rings is 2. The second-order valence-electron chi connectivity index (χ2n) is 5.76. The number of amides is 1. The predicted molar refractivity (Wildman–Crippen MR) is 85.5 cm³/mol. The van der Waals surface area contributed by atoms with Crippen molar-refractivity contribution < 1.29 is 15.0 Å². The third kappa shape index (κ3) is 3.91. The van der Waals surface area contributed by atoms with Crippen LogP contribution in [0.15, 0.2) is 54.6 Å². The van der Waals surface area contributed by atoms with Gasteiger partial charge in [-0.3, -0.25) is 15.2 Å². The van der Waals surface area contributed by atoms with E-state index >= 15 is 0 Å². The van der Waals surface area contributed by atoms with E-state index in [9.17, 15) is 4.79 Å². The molecule has 0 unspecified atom stereocenters. The van der Waals surface area contributed by atoms with Crippen LogP contribution in [0, 0.1) is 5.41 Å². The Kier molecular flexibility index (Phi) is 4.56. The summed E-state index contributed by atoms with van der Waals surface area (Å²) in [4.78, 5) is 11.5. The van der Waals surface area contributed by atoms with Crippen LogP contribution in [0.4, 0.5) is 5.69 Å². The first kappa shape index (κ1) is 15.7. The van der Waals surface area contributed by atoms with Gasteiger partial charge in [-0.2, -0.15) is 0 Å². The number of hydrazine groups is 1. The Hall–Kier alpha value is -2.69. The molecule has 3 rings (SSSR count). The summed E-state index contributed by atoms with van der Waals surface area (Å²) >= 11 is 0. The topological polar surface area (TPSA) is 72.8 Å². The van der Waals surface area contributed by atoms with Crippen molar-refractivity contribution in [3.05, 3.63) is 54.6 Å². The number of hydrogen-bond acceptors (Lipinski definition) is 4. The summed E-state index contributed by atoms with van der Waals surface area (Å²) in [6, 6.07) is 15.6. The summed E-state index contributed by atoms with van der Waals surface area (Å²) < 4.78 is 0. The smallest absolute Gasteiger partial charge is 0.246 e. The summed E-state index contributed by atoms with van der Waals surface area (Å²) in [5.74, 6) is 0.423. The number of rotatable bonds is 1. The Morgan fingerprint density at radius 1 is 0.955 bits per heavy atom. The van der Waals surface area contributed by atoms with E-state index in [1.165, 1.54) is 24.3 Å². The van der Waals surface area contributed by atoms with E-state index in [0.29, 0.717) is 0 Å². The van der Waals surface area contributed by atoms with Gasteiger partial charge in [0.15, 0.2) is 0 Å². The van der Waals surface area contributed by atoms with Crippen molar-refractivity contribution in [2.75, 3.05) is 11.6 Å². The van der Waals surface area contributed by atoms with Crippen LogP contribution in [-0.2, 0) is 4.79 Å². The van der Waals surface area contributed by atoms with E-state index < -0.39 is 0 Å². The van der Waals surface area contributed by atoms with E-state index in [1.54, 1.807) is 0 Å². The number of phenols is 2. The average molecular weight is 300 g/mol. The molecule has 1 saturated heterocycles. The number of para-hydroxylation sites is 1. The molecular formula is C17H20N2O3. The van der Waals surface area contributed by atoms with Crippen molar-refractivity contribution in [2.24, 2.45) is 5.41 Å². The van der Waals surface area contributed by atoms with Crippen molar-refractivity contribution in [1.29, 1.82) is 0 Å². The van der Waals surface area contributed by atoms with Gasteiger partial charge in [0, 0.05) is 0 Å². The fraction of sp³-hybridized carbons (Fsp3) is 0.235. The van der Waals surface area contributed by atoms with Gasteiger partial charge in [-0.25, -0.2) is 0 Å². The van der Waals surface area contributed by atoms with Crippen LogP contribution in [0.25, 0.3) is 0 Å². The normalized spacial score (nSPS) is 15.7. The zero-order valence-electron chi connectivity index (χ0n) is 12.7. The molecule has 5 heteroatoms. The summed E-state index contributed by atoms with van der Waals surface area (Å²) in [7, 11) is 0. The first-order valence-electron chi connectivity index (χ1n) is 7.00. The van der Waals surface area contributed by atoms with E-state index in [2.05, 4.69) is 5.43 Å². The lowest BCUT2D eigenvalue weighted by molar-refractivity contribution is -0.125. The van der Waals surface area contributed by atoms with Crippen LogP contribution in [0.3, 0.4) is 0 Å². The molecule has 0 atom stereocenters. The molecule has 0 aromatic heterocycles. The second kappa shape index (κ2) is 6.39. The van der Waals surface area contributed by atoms with Crippen molar-refractivity contribution in [3.63, 3.8) is 0 Å². The maximum absolute atomic E-state index is 11.5. The Morgan fingerprint density at radius 2 is 1.45 bits per heavy atom. The minimum Gasteiger partial charge on any atom is -0.508 e. The highest BCUT2D eigenvalue weighted by molar-refractivity contribution is 5.87. The zero-order chi connectivity index (χ0) is 16.2. The minimum absolute atomic E-state index is 0.0846. The lowest BCUT2D eigenvalue weighted by atomic mass is 9.94. The van der Waals surface area contributed by atoms with Crippen molar-refractivity contribution in [2.45, 2.75) is 13.8 Å². The van der Waals surface area contributed by atoms with Gasteiger partial charge in [0.25, 0.3) is 0 Å². The van der Waals surface area contributed by atoms with Gasteiger partial charge in [0.05, 0.1) is 17.6 Å². The molecule has 116 valence electrons. The first-order chi connectivity index (χ1) is 10.4. The van der Waals surface area contributed by atoms with Crippen LogP contribution in [0.5, 0.6) is 11.5 Å². The number of anilines is 1. The lowest BCUT2D eigenvalue weighted by Crippen LogP contribution is -2.33. The van der Waals surface area contributed by atoms with Gasteiger partial charge < -0.3 is 10.2 Å². The molecular weight excluding hydrogens is 280 g/mol. The van der Waals surface area contributed by atoms with E-state index in [-0.39, 0.29) is 22.8 Å². The Labute approximate surface area is 129 Å². The molecule has 0 aliphatic carbocycles. The maximum atomic E-state index is 11.5. The average Bonchev–Trinajstić information content (AvgIpc) is 2.78. The molecule has 2 aromatic rings. The molecule has 0 radical (unpaired) electrons. The molecule has 1 amide bonds. The van der Waals surface area contributed by atoms with Gasteiger partial charge in [-0.15, -0.1) is 0 Å². The van der Waals surface area contributed by atoms with Crippen LogP contribution in [0.1, 0.15) is 13.8 Å². The number of carbonyl (C=O) groups excluding carboxylic acids is 1. The summed E-state index contributed by atoms with van der Waals surface area (Å²) in [5.41, 5.74) is 3.59. The van der Waals surface area contributed by atoms with Crippen LogP contribution < -0.4 is 10.4 Å². The molecule has 0 bridgehead atoms. The van der Waals surface area contributed by atoms with Crippen molar-refractivity contribution >= 4 is 11.6 Å². The van der Waals surface area contributed by atoms with Gasteiger partial charge in [0.1, 0.15) is 11.5 Å². The fourth-order valence-corrected chi connectivity index (χ4v) is 2.00. The van der Waals surface area contributed by atoms with Gasteiger partial charge in [-0.1, -0.05) is 18.2 Å². The molecule has 1 heterocycles. The highest BCUT2D eigenvalue weighted by Gasteiger charge is 2.37. The number of nitrogens with zero attached hydrogens (tertiary/aromatic N) is 1. The summed E-state index contributed by atoms with van der Waals surface area (Å²) in [5, 5.41) is 19.2. The fourth-order valence-electron chi connectivity index (χ4n) is 2.00. The molecule has 1 aliphatic heterocycles. The van der Waals surface area contributed by atoms with E-state index in [4.69, 9.17) is 10.2 Å². The number of phenolic OH excluding ortho intramolecular Hbond substituents is 2. The van der Waals surface area contributed by atoms with Crippen LogP contribution in [0.2, 0.25) is 0 Å². The second-order valence-corrected chi connectivity index (χ2v) is 5.76. The molecule has 3 N–H and O–H groups in total. The molecule has 1 aliphatic rings. The summed E-state index contributed by atoms with van der Waals surface area (Å²) in [6.07, 6.45) is 0. The molecule has 22 heavy (non-hydrogen) atoms. The zero-order valence-corrected chi connectivity index (χ0v) is 12.7. The quantitative estimate of drug-likeness (QED) is 0.708. The Balaban J connectivity index is 0.000000188. The van der Waals surface area contributed by atoms with Crippen molar-refractivity contribution in [3.8, 4) is 11.5 Å². The van der Waals surface area contributed by atoms with Crippen molar-refractivity contribution in [1.82, 2.24) is 5.43 Å². The van der Waals surface area contributed by atoms with Crippen LogP contribution in [-0.4, -0.2) is 22.7 Å². The van der Waals surface area contributed by atoms with E-state index in [1.807, 2.05) is 49.2 Å². The van der Waals surface area contributed by atoms with E-state index in [0.717, 1.165) is 12.2 Å². The van der Waals surface area contributed by atoms with Gasteiger partial charge >= 0.3 is 0 Å². The van der Waals surface area contributed by atoms with Gasteiger partial charge in [0.2, 0.25) is 5.91 Å².